The summed E-state index contributed by atoms with van der Waals surface area (Å²) in [7, 11) is 4.91. The van der Waals surface area contributed by atoms with Crippen molar-refractivity contribution in [3.05, 3.63) is 59.8 Å². The van der Waals surface area contributed by atoms with Crippen LogP contribution in [0.25, 0.3) is 0 Å². The fourth-order valence-electron chi connectivity index (χ4n) is 2.86. The van der Waals surface area contributed by atoms with Crippen LogP contribution in [0.5, 0.6) is 17.2 Å². The molecule has 2 aromatic carbocycles. The molecule has 7 nitrogen and oxygen atoms in total. The van der Waals surface area contributed by atoms with Crippen LogP contribution in [0.1, 0.15) is 11.3 Å². The number of anilines is 3. The average molecular weight is 394 g/mol. The summed E-state index contributed by atoms with van der Waals surface area (Å²) >= 11 is 0. The molecule has 3 rings (SSSR count). The first kappa shape index (κ1) is 20.3. The van der Waals surface area contributed by atoms with Crippen molar-refractivity contribution in [3.8, 4) is 17.2 Å². The number of rotatable bonds is 9. The van der Waals surface area contributed by atoms with Crippen molar-refractivity contribution in [1.82, 2.24) is 9.97 Å². The molecule has 0 unspecified atom stereocenters. The number of aryl methyl sites for hydroxylation is 1. The minimum absolute atomic E-state index is 0.577. The van der Waals surface area contributed by atoms with E-state index in [-0.39, 0.29) is 0 Å². The van der Waals surface area contributed by atoms with E-state index in [2.05, 4.69) is 32.7 Å². The van der Waals surface area contributed by atoms with Crippen LogP contribution in [0.4, 0.5) is 17.5 Å². The molecule has 0 bridgehead atoms. The molecule has 0 aliphatic heterocycles. The minimum atomic E-state index is 0.577. The van der Waals surface area contributed by atoms with Crippen molar-refractivity contribution in [2.45, 2.75) is 13.3 Å². The number of hydrogen-bond acceptors (Lipinski definition) is 7. The van der Waals surface area contributed by atoms with E-state index in [1.807, 2.05) is 43.3 Å². The van der Waals surface area contributed by atoms with Gasteiger partial charge in [0.1, 0.15) is 23.1 Å². The number of benzene rings is 2. The van der Waals surface area contributed by atoms with Gasteiger partial charge in [0.25, 0.3) is 0 Å². The second-order valence-electron chi connectivity index (χ2n) is 6.43. The normalized spacial score (nSPS) is 10.3. The predicted molar refractivity (Wildman–Crippen MR) is 115 cm³/mol. The summed E-state index contributed by atoms with van der Waals surface area (Å²) in [5.74, 6) is 3.52. The van der Waals surface area contributed by atoms with Crippen LogP contribution in [0.2, 0.25) is 0 Å². The maximum atomic E-state index is 5.44. The van der Waals surface area contributed by atoms with Crippen LogP contribution in [0, 0.1) is 6.92 Å². The van der Waals surface area contributed by atoms with E-state index in [0.717, 1.165) is 35.8 Å². The lowest BCUT2D eigenvalue weighted by Crippen LogP contribution is -2.09. The van der Waals surface area contributed by atoms with Crippen molar-refractivity contribution in [3.63, 3.8) is 0 Å². The summed E-state index contributed by atoms with van der Waals surface area (Å²) in [5.41, 5.74) is 2.88. The van der Waals surface area contributed by atoms with Crippen molar-refractivity contribution >= 4 is 17.5 Å². The molecular weight excluding hydrogens is 368 g/mol. The lowest BCUT2D eigenvalue weighted by molar-refractivity contribution is 0.395. The zero-order valence-corrected chi connectivity index (χ0v) is 17.2. The van der Waals surface area contributed by atoms with Crippen LogP contribution in [-0.2, 0) is 6.42 Å². The Morgan fingerprint density at radius 3 is 2.24 bits per heavy atom. The maximum Gasteiger partial charge on any atom is 0.224 e. The van der Waals surface area contributed by atoms with Crippen LogP contribution in [0.15, 0.2) is 48.5 Å². The van der Waals surface area contributed by atoms with Gasteiger partial charge in [-0.15, -0.1) is 0 Å². The molecule has 0 atom stereocenters. The molecule has 1 heterocycles. The van der Waals surface area contributed by atoms with Gasteiger partial charge < -0.3 is 24.8 Å². The molecule has 0 spiro atoms. The lowest BCUT2D eigenvalue weighted by Gasteiger charge is -2.13. The molecule has 0 aliphatic carbocycles. The average Bonchev–Trinajstić information content (AvgIpc) is 2.74. The summed E-state index contributed by atoms with van der Waals surface area (Å²) < 4.78 is 15.9. The Bertz CT molecular complexity index is 945. The Labute approximate surface area is 171 Å². The quantitative estimate of drug-likeness (QED) is 0.563. The molecule has 0 radical (unpaired) electrons. The standard InChI is InChI=1S/C22H26N4O3/c1-15-13-21(25-19-10-9-18(28-3)14-20(19)29-4)26-22(24-15)23-12-11-16-5-7-17(27-2)8-6-16/h5-10,13-14H,11-12H2,1-4H3,(H2,23,24,25,26). The Morgan fingerprint density at radius 1 is 0.828 bits per heavy atom. The van der Waals surface area contributed by atoms with Crippen LogP contribution in [0.3, 0.4) is 0 Å². The van der Waals surface area contributed by atoms with Gasteiger partial charge in [0.15, 0.2) is 0 Å². The number of ether oxygens (including phenoxy) is 3. The molecule has 0 fully saturated rings. The SMILES string of the molecule is COc1ccc(CCNc2nc(C)cc(Nc3ccc(OC)cc3OC)n2)cc1. The second-order valence-corrected chi connectivity index (χ2v) is 6.43. The molecule has 0 saturated carbocycles. The molecule has 29 heavy (non-hydrogen) atoms. The minimum Gasteiger partial charge on any atom is -0.497 e. The molecule has 152 valence electrons. The Kier molecular flexibility index (Phi) is 6.73. The van der Waals surface area contributed by atoms with Gasteiger partial charge >= 0.3 is 0 Å². The van der Waals surface area contributed by atoms with Crippen molar-refractivity contribution in [2.75, 3.05) is 38.5 Å². The molecule has 1 aromatic heterocycles. The highest BCUT2D eigenvalue weighted by Crippen LogP contribution is 2.31. The van der Waals surface area contributed by atoms with E-state index in [0.29, 0.717) is 17.5 Å². The first-order valence-electron chi connectivity index (χ1n) is 9.33. The molecule has 0 amide bonds. The molecule has 2 N–H and O–H groups in total. The van der Waals surface area contributed by atoms with Crippen molar-refractivity contribution in [2.24, 2.45) is 0 Å². The zero-order chi connectivity index (χ0) is 20.6. The molecule has 3 aromatic rings. The summed E-state index contributed by atoms with van der Waals surface area (Å²) in [6.45, 7) is 2.66. The fourth-order valence-corrected chi connectivity index (χ4v) is 2.86. The zero-order valence-electron chi connectivity index (χ0n) is 17.2. The third-order valence-electron chi connectivity index (χ3n) is 4.38. The van der Waals surface area contributed by atoms with Crippen LogP contribution in [-0.4, -0.2) is 37.8 Å². The van der Waals surface area contributed by atoms with Gasteiger partial charge in [-0.05, 0) is 43.2 Å². The second kappa shape index (κ2) is 9.64. The summed E-state index contributed by atoms with van der Waals surface area (Å²) in [6, 6.07) is 15.5. The maximum absolute atomic E-state index is 5.44. The number of nitrogens with zero attached hydrogens (tertiary/aromatic N) is 2. The summed E-state index contributed by atoms with van der Waals surface area (Å²) in [4.78, 5) is 9.04. The summed E-state index contributed by atoms with van der Waals surface area (Å²) in [6.07, 6.45) is 0.858. The third-order valence-corrected chi connectivity index (χ3v) is 4.38. The van der Waals surface area contributed by atoms with E-state index in [1.54, 1.807) is 21.3 Å². The van der Waals surface area contributed by atoms with Gasteiger partial charge in [-0.3, -0.25) is 0 Å². The number of nitrogens with one attached hydrogen (secondary N) is 2. The topological polar surface area (TPSA) is 77.5 Å². The highest BCUT2D eigenvalue weighted by Gasteiger charge is 2.08. The van der Waals surface area contributed by atoms with Gasteiger partial charge in [-0.25, -0.2) is 4.98 Å². The largest absolute Gasteiger partial charge is 0.497 e. The van der Waals surface area contributed by atoms with Gasteiger partial charge in [0, 0.05) is 24.4 Å². The first-order valence-corrected chi connectivity index (χ1v) is 9.33. The number of aromatic nitrogens is 2. The molecule has 0 saturated heterocycles. The van der Waals surface area contributed by atoms with E-state index >= 15 is 0 Å². The van der Waals surface area contributed by atoms with Gasteiger partial charge in [0.2, 0.25) is 5.95 Å². The van der Waals surface area contributed by atoms with E-state index in [4.69, 9.17) is 14.2 Å². The van der Waals surface area contributed by atoms with E-state index < -0.39 is 0 Å². The Morgan fingerprint density at radius 2 is 1.55 bits per heavy atom. The van der Waals surface area contributed by atoms with E-state index in [9.17, 15) is 0 Å². The third kappa shape index (κ3) is 5.51. The molecule has 7 heteroatoms. The van der Waals surface area contributed by atoms with Gasteiger partial charge in [-0.1, -0.05) is 12.1 Å². The van der Waals surface area contributed by atoms with E-state index in [1.165, 1.54) is 5.56 Å². The highest BCUT2D eigenvalue weighted by atomic mass is 16.5. The van der Waals surface area contributed by atoms with Crippen molar-refractivity contribution in [1.29, 1.82) is 0 Å². The lowest BCUT2D eigenvalue weighted by atomic mass is 10.1. The Hall–Kier alpha value is -3.48. The van der Waals surface area contributed by atoms with Crippen molar-refractivity contribution < 1.29 is 14.2 Å². The monoisotopic (exact) mass is 394 g/mol. The van der Waals surface area contributed by atoms with Gasteiger partial charge in [0.05, 0.1) is 27.0 Å². The van der Waals surface area contributed by atoms with Crippen LogP contribution < -0.4 is 24.8 Å². The first-order chi connectivity index (χ1) is 14.1. The Balaban J connectivity index is 1.66. The smallest absolute Gasteiger partial charge is 0.224 e. The fraction of sp³-hybridized carbons (Fsp3) is 0.273. The van der Waals surface area contributed by atoms with Crippen LogP contribution >= 0.6 is 0 Å². The number of hydrogen-bond donors (Lipinski definition) is 2. The predicted octanol–water partition coefficient (Wildman–Crippen LogP) is 4.21. The summed E-state index contributed by atoms with van der Waals surface area (Å²) in [5, 5.41) is 6.58. The van der Waals surface area contributed by atoms with Gasteiger partial charge in [-0.2, -0.15) is 4.98 Å². The highest BCUT2D eigenvalue weighted by molar-refractivity contribution is 5.66. The molecule has 0 aliphatic rings. The number of methoxy groups -OCH3 is 3. The molecular formula is C22H26N4O3.